The molecule has 0 heterocycles. The summed E-state index contributed by atoms with van der Waals surface area (Å²) in [7, 11) is 0. The van der Waals surface area contributed by atoms with Gasteiger partial charge in [-0.15, -0.1) is 0 Å². The molecule has 0 spiro atoms. The number of thioether (sulfide) groups is 1. The molecule has 0 saturated heterocycles. The Morgan fingerprint density at radius 1 is 1.27 bits per heavy atom. The normalized spacial score (nSPS) is 11.5. The quantitative estimate of drug-likeness (QED) is 0.656. The van der Waals surface area contributed by atoms with Gasteiger partial charge in [0.05, 0.1) is 0 Å². The molecule has 0 aliphatic carbocycles. The number of hydrogen-bond acceptors (Lipinski definition) is 3. The van der Waals surface area contributed by atoms with E-state index in [0.29, 0.717) is 6.42 Å². The lowest BCUT2D eigenvalue weighted by molar-refractivity contribution is -0.121. The van der Waals surface area contributed by atoms with Gasteiger partial charge in [-0.2, -0.15) is 11.8 Å². The lowest BCUT2D eigenvalue weighted by Crippen LogP contribution is -2.38. The Labute approximate surface area is 97.8 Å². The molecule has 0 aliphatic heterocycles. The van der Waals surface area contributed by atoms with Crippen molar-refractivity contribution in [1.82, 2.24) is 10.6 Å². The Balaban J connectivity index is 3.34. The zero-order valence-corrected chi connectivity index (χ0v) is 11.2. The zero-order chi connectivity index (χ0) is 11.7. The van der Waals surface area contributed by atoms with Crippen LogP contribution in [0.5, 0.6) is 0 Å². The molecule has 90 valence electrons. The monoisotopic (exact) mass is 232 g/mol. The average molecular weight is 232 g/mol. The minimum absolute atomic E-state index is 0.0964. The Bertz CT molecular complexity index is 178. The fourth-order valence-electron chi connectivity index (χ4n) is 1.08. The van der Waals surface area contributed by atoms with Crippen LogP contribution < -0.4 is 10.6 Å². The van der Waals surface area contributed by atoms with Crippen molar-refractivity contribution in [1.29, 1.82) is 0 Å². The molecule has 0 atom stereocenters. The molecule has 0 aromatic rings. The molecular weight excluding hydrogens is 208 g/mol. The maximum atomic E-state index is 11.3. The second kappa shape index (κ2) is 7.99. The number of carbonyl (C=O) groups is 1. The van der Waals surface area contributed by atoms with Gasteiger partial charge >= 0.3 is 0 Å². The van der Waals surface area contributed by atoms with Gasteiger partial charge in [-0.1, -0.05) is 0 Å². The van der Waals surface area contributed by atoms with Crippen molar-refractivity contribution in [3.8, 4) is 0 Å². The molecule has 3 nitrogen and oxygen atoms in total. The number of carbonyl (C=O) groups excluding carboxylic acids is 1. The molecule has 0 fully saturated rings. The predicted octanol–water partition coefficient (Wildman–Crippen LogP) is 1.63. The van der Waals surface area contributed by atoms with Gasteiger partial charge in [0.2, 0.25) is 5.91 Å². The lowest BCUT2D eigenvalue weighted by Gasteiger charge is -2.20. The second-order valence-corrected chi connectivity index (χ2v) is 5.61. The van der Waals surface area contributed by atoms with Gasteiger partial charge in [-0.25, -0.2) is 0 Å². The summed E-state index contributed by atoms with van der Waals surface area (Å²) in [6.07, 6.45) is 3.70. The zero-order valence-electron chi connectivity index (χ0n) is 10.4. The summed E-state index contributed by atoms with van der Waals surface area (Å²) in [6, 6.07) is 0. The first-order chi connectivity index (χ1) is 6.95. The molecule has 0 unspecified atom stereocenters. The van der Waals surface area contributed by atoms with Crippen molar-refractivity contribution in [3.05, 3.63) is 0 Å². The van der Waals surface area contributed by atoms with E-state index >= 15 is 0 Å². The van der Waals surface area contributed by atoms with Crippen LogP contribution in [0.1, 0.15) is 33.6 Å². The van der Waals surface area contributed by atoms with Gasteiger partial charge in [0.25, 0.3) is 0 Å². The van der Waals surface area contributed by atoms with E-state index in [9.17, 15) is 4.79 Å². The van der Waals surface area contributed by atoms with Crippen LogP contribution in [0, 0.1) is 0 Å². The van der Waals surface area contributed by atoms with Crippen molar-refractivity contribution in [2.24, 2.45) is 0 Å². The summed E-state index contributed by atoms with van der Waals surface area (Å²) < 4.78 is 0. The summed E-state index contributed by atoms with van der Waals surface area (Å²) >= 11 is 1.81. The van der Waals surface area contributed by atoms with Crippen LogP contribution in [0.25, 0.3) is 0 Å². The molecule has 0 bridgehead atoms. The topological polar surface area (TPSA) is 41.1 Å². The van der Waals surface area contributed by atoms with Crippen LogP contribution in [-0.2, 0) is 4.79 Å². The van der Waals surface area contributed by atoms with E-state index in [0.717, 1.165) is 25.3 Å². The van der Waals surface area contributed by atoms with Crippen molar-refractivity contribution in [2.75, 3.05) is 25.1 Å². The molecular formula is C11H24N2OS. The summed E-state index contributed by atoms with van der Waals surface area (Å²) in [4.78, 5) is 11.3. The third-order valence-corrected chi connectivity index (χ3v) is 2.55. The van der Waals surface area contributed by atoms with Crippen molar-refractivity contribution in [3.63, 3.8) is 0 Å². The highest BCUT2D eigenvalue weighted by Crippen LogP contribution is 1.98. The van der Waals surface area contributed by atoms with E-state index in [1.807, 2.05) is 11.8 Å². The summed E-state index contributed by atoms with van der Waals surface area (Å²) in [5, 5.41) is 6.20. The highest BCUT2D eigenvalue weighted by atomic mass is 32.2. The summed E-state index contributed by atoms with van der Waals surface area (Å²) in [6.45, 7) is 7.85. The minimum Gasteiger partial charge on any atom is -0.356 e. The SMILES string of the molecule is CSCCCNC(=O)CCNC(C)(C)C. The Kier molecular flexibility index (Phi) is 7.88. The minimum atomic E-state index is 0.0964. The van der Waals surface area contributed by atoms with Crippen molar-refractivity contribution >= 4 is 17.7 Å². The van der Waals surface area contributed by atoms with Crippen LogP contribution in [0.4, 0.5) is 0 Å². The first-order valence-corrected chi connectivity index (χ1v) is 6.86. The van der Waals surface area contributed by atoms with E-state index in [2.05, 4.69) is 37.7 Å². The number of nitrogens with one attached hydrogen (secondary N) is 2. The molecule has 0 saturated carbocycles. The Morgan fingerprint density at radius 2 is 1.93 bits per heavy atom. The fraction of sp³-hybridized carbons (Fsp3) is 0.909. The van der Waals surface area contributed by atoms with E-state index in [4.69, 9.17) is 0 Å². The third kappa shape index (κ3) is 11.7. The summed E-state index contributed by atoms with van der Waals surface area (Å²) in [5.41, 5.74) is 0.0964. The second-order valence-electron chi connectivity index (χ2n) is 4.62. The van der Waals surface area contributed by atoms with Crippen LogP contribution >= 0.6 is 11.8 Å². The fourth-order valence-corrected chi connectivity index (χ4v) is 1.52. The van der Waals surface area contributed by atoms with E-state index < -0.39 is 0 Å². The highest BCUT2D eigenvalue weighted by Gasteiger charge is 2.08. The van der Waals surface area contributed by atoms with Crippen LogP contribution in [-0.4, -0.2) is 36.5 Å². The lowest BCUT2D eigenvalue weighted by atomic mass is 10.1. The van der Waals surface area contributed by atoms with Crippen LogP contribution in [0.3, 0.4) is 0 Å². The molecule has 0 radical (unpaired) electrons. The van der Waals surface area contributed by atoms with Gasteiger partial charge in [0, 0.05) is 25.0 Å². The number of amides is 1. The predicted molar refractivity (Wildman–Crippen MR) is 68.4 cm³/mol. The maximum absolute atomic E-state index is 11.3. The molecule has 0 aromatic carbocycles. The van der Waals surface area contributed by atoms with Gasteiger partial charge in [0.15, 0.2) is 0 Å². The first-order valence-electron chi connectivity index (χ1n) is 5.46. The number of hydrogen-bond donors (Lipinski definition) is 2. The molecule has 0 aliphatic rings. The Hall–Kier alpha value is -0.220. The van der Waals surface area contributed by atoms with Gasteiger partial charge < -0.3 is 10.6 Å². The molecule has 4 heteroatoms. The third-order valence-electron chi connectivity index (χ3n) is 1.85. The van der Waals surface area contributed by atoms with Gasteiger partial charge in [0.1, 0.15) is 0 Å². The maximum Gasteiger partial charge on any atom is 0.221 e. The standard InChI is InChI=1S/C11H24N2OS/c1-11(2,3)13-8-6-10(14)12-7-5-9-15-4/h13H,5-9H2,1-4H3,(H,12,14). The van der Waals surface area contributed by atoms with E-state index in [1.54, 1.807) is 0 Å². The van der Waals surface area contributed by atoms with Crippen molar-refractivity contribution < 1.29 is 4.79 Å². The number of rotatable bonds is 7. The molecule has 15 heavy (non-hydrogen) atoms. The smallest absolute Gasteiger partial charge is 0.221 e. The molecule has 0 rings (SSSR count). The van der Waals surface area contributed by atoms with Crippen LogP contribution in [0.15, 0.2) is 0 Å². The summed E-state index contributed by atoms with van der Waals surface area (Å²) in [5.74, 6) is 1.26. The average Bonchev–Trinajstić information content (AvgIpc) is 2.10. The van der Waals surface area contributed by atoms with E-state index in [1.165, 1.54) is 0 Å². The molecule has 0 aromatic heterocycles. The first kappa shape index (κ1) is 14.8. The van der Waals surface area contributed by atoms with Gasteiger partial charge in [-0.3, -0.25) is 4.79 Å². The molecule has 1 amide bonds. The van der Waals surface area contributed by atoms with Crippen LogP contribution in [0.2, 0.25) is 0 Å². The Morgan fingerprint density at radius 3 is 2.47 bits per heavy atom. The highest BCUT2D eigenvalue weighted by molar-refractivity contribution is 7.98. The largest absolute Gasteiger partial charge is 0.356 e. The molecule has 2 N–H and O–H groups in total. The van der Waals surface area contributed by atoms with Crippen molar-refractivity contribution in [2.45, 2.75) is 39.2 Å². The van der Waals surface area contributed by atoms with E-state index in [-0.39, 0.29) is 11.4 Å². The van der Waals surface area contributed by atoms with Gasteiger partial charge in [-0.05, 0) is 39.2 Å².